The van der Waals surface area contributed by atoms with E-state index in [1.807, 2.05) is 6.92 Å². The number of rotatable bonds is 5. The molecule has 4 nitrogen and oxygen atoms in total. The van der Waals surface area contributed by atoms with E-state index in [9.17, 15) is 5.11 Å². The zero-order valence-corrected chi connectivity index (χ0v) is 11.5. The summed E-state index contributed by atoms with van der Waals surface area (Å²) >= 11 is 7.49. The maximum Gasteiger partial charge on any atom is 0.116 e. The van der Waals surface area contributed by atoms with Gasteiger partial charge >= 0.3 is 0 Å². The Morgan fingerprint density at radius 1 is 1.65 bits per heavy atom. The Hall–Kier alpha value is -0.200. The summed E-state index contributed by atoms with van der Waals surface area (Å²) in [5, 5.41) is 17.6. The molecule has 1 aromatic heterocycles. The summed E-state index contributed by atoms with van der Waals surface area (Å²) in [6, 6.07) is 0. The average Bonchev–Trinajstić information content (AvgIpc) is 2.83. The van der Waals surface area contributed by atoms with E-state index in [1.54, 1.807) is 0 Å². The summed E-state index contributed by atoms with van der Waals surface area (Å²) in [7, 11) is 0. The first kappa shape index (κ1) is 13.2. The number of aromatic nitrogens is 1. The molecule has 17 heavy (non-hydrogen) atoms. The molecule has 0 radical (unpaired) electrons. The third kappa shape index (κ3) is 3.63. The first-order chi connectivity index (χ1) is 8.09. The van der Waals surface area contributed by atoms with Gasteiger partial charge in [-0.2, -0.15) is 0 Å². The smallest absolute Gasteiger partial charge is 0.116 e. The molecule has 2 heterocycles. The molecule has 0 aliphatic carbocycles. The van der Waals surface area contributed by atoms with Crippen molar-refractivity contribution in [2.75, 3.05) is 26.2 Å². The van der Waals surface area contributed by atoms with Gasteiger partial charge in [0.1, 0.15) is 4.34 Å². The second kappa shape index (κ2) is 5.63. The van der Waals surface area contributed by atoms with Crippen LogP contribution in [-0.4, -0.2) is 41.9 Å². The molecule has 96 valence electrons. The van der Waals surface area contributed by atoms with E-state index < -0.39 is 5.60 Å². The van der Waals surface area contributed by atoms with Crippen molar-refractivity contribution in [3.63, 3.8) is 0 Å². The Balaban J connectivity index is 1.69. The van der Waals surface area contributed by atoms with Gasteiger partial charge in [-0.3, -0.25) is 0 Å². The molecule has 0 saturated carbocycles. The van der Waals surface area contributed by atoms with Crippen LogP contribution >= 0.6 is 22.9 Å². The second-order valence-corrected chi connectivity index (χ2v) is 6.23. The van der Waals surface area contributed by atoms with Crippen molar-refractivity contribution in [3.05, 3.63) is 15.0 Å². The Morgan fingerprint density at radius 3 is 3.06 bits per heavy atom. The van der Waals surface area contributed by atoms with Crippen molar-refractivity contribution in [1.82, 2.24) is 15.6 Å². The molecule has 0 amide bonds. The molecule has 1 aromatic rings. The highest BCUT2D eigenvalue weighted by Gasteiger charge is 2.30. The van der Waals surface area contributed by atoms with Gasteiger partial charge in [0.15, 0.2) is 0 Å². The van der Waals surface area contributed by atoms with Crippen LogP contribution in [0.4, 0.5) is 0 Å². The highest BCUT2D eigenvalue weighted by Crippen LogP contribution is 2.23. The number of hydrogen-bond acceptors (Lipinski definition) is 5. The number of thiazole rings is 1. The summed E-state index contributed by atoms with van der Waals surface area (Å²) in [5.41, 5.74) is 0.335. The molecule has 0 aromatic carbocycles. The SMILES string of the molecule is Cc1nc(CCNCC2(O)CCNC2)sc1Cl. The van der Waals surface area contributed by atoms with Gasteiger partial charge in [-0.05, 0) is 19.9 Å². The van der Waals surface area contributed by atoms with Crippen LogP contribution in [-0.2, 0) is 6.42 Å². The van der Waals surface area contributed by atoms with Gasteiger partial charge in [-0.1, -0.05) is 11.6 Å². The molecule has 1 fully saturated rings. The Bertz CT molecular complexity index is 357. The third-order valence-corrected chi connectivity index (χ3v) is 4.49. The molecule has 0 bridgehead atoms. The number of aryl methyl sites for hydroxylation is 1. The van der Waals surface area contributed by atoms with E-state index >= 15 is 0 Å². The van der Waals surface area contributed by atoms with Gasteiger partial charge in [0.05, 0.1) is 16.3 Å². The minimum atomic E-state index is -0.573. The van der Waals surface area contributed by atoms with E-state index in [0.29, 0.717) is 13.1 Å². The van der Waals surface area contributed by atoms with Crippen molar-refractivity contribution in [2.24, 2.45) is 0 Å². The summed E-state index contributed by atoms with van der Waals surface area (Å²) in [6.07, 6.45) is 1.68. The van der Waals surface area contributed by atoms with Crippen molar-refractivity contribution < 1.29 is 5.11 Å². The lowest BCUT2D eigenvalue weighted by Gasteiger charge is -2.21. The Labute approximate surface area is 110 Å². The molecule has 1 aliphatic heterocycles. The van der Waals surface area contributed by atoms with Crippen LogP contribution in [0.2, 0.25) is 4.34 Å². The number of hydrogen-bond donors (Lipinski definition) is 3. The summed E-state index contributed by atoms with van der Waals surface area (Å²) in [6.45, 7) is 4.97. The summed E-state index contributed by atoms with van der Waals surface area (Å²) in [4.78, 5) is 4.37. The molecule has 2 rings (SSSR count). The molecule has 3 N–H and O–H groups in total. The topological polar surface area (TPSA) is 57.2 Å². The van der Waals surface area contributed by atoms with Gasteiger partial charge in [0, 0.05) is 26.1 Å². The lowest BCUT2D eigenvalue weighted by molar-refractivity contribution is 0.0615. The van der Waals surface area contributed by atoms with Crippen LogP contribution in [0.1, 0.15) is 17.1 Å². The van der Waals surface area contributed by atoms with E-state index in [-0.39, 0.29) is 0 Å². The van der Waals surface area contributed by atoms with Gasteiger partial charge in [-0.25, -0.2) is 4.98 Å². The maximum atomic E-state index is 10.1. The molecule has 1 aliphatic rings. The number of nitrogens with one attached hydrogen (secondary N) is 2. The normalized spacial score (nSPS) is 24.4. The highest BCUT2D eigenvalue weighted by atomic mass is 35.5. The predicted octanol–water partition coefficient (Wildman–Crippen LogP) is 0.961. The van der Waals surface area contributed by atoms with Crippen LogP contribution in [0, 0.1) is 6.92 Å². The summed E-state index contributed by atoms with van der Waals surface area (Å²) in [5.74, 6) is 0. The molecular weight excluding hydrogens is 258 g/mol. The van der Waals surface area contributed by atoms with E-state index in [4.69, 9.17) is 11.6 Å². The standard InChI is InChI=1S/C11H18ClN3OS/c1-8-10(12)17-9(15-8)2-4-13-6-11(16)3-5-14-7-11/h13-14,16H,2-7H2,1H3. The number of halogens is 1. The van der Waals surface area contributed by atoms with E-state index in [0.717, 1.165) is 41.0 Å². The molecule has 1 unspecified atom stereocenters. The highest BCUT2D eigenvalue weighted by molar-refractivity contribution is 7.16. The van der Waals surface area contributed by atoms with Gasteiger partial charge < -0.3 is 15.7 Å². The van der Waals surface area contributed by atoms with Crippen LogP contribution in [0.25, 0.3) is 0 Å². The molecule has 0 spiro atoms. The third-order valence-electron chi connectivity index (χ3n) is 2.98. The van der Waals surface area contributed by atoms with Gasteiger partial charge in [-0.15, -0.1) is 11.3 Å². The van der Waals surface area contributed by atoms with Crippen molar-refractivity contribution in [1.29, 1.82) is 0 Å². The Morgan fingerprint density at radius 2 is 2.47 bits per heavy atom. The monoisotopic (exact) mass is 275 g/mol. The average molecular weight is 276 g/mol. The first-order valence-corrected chi connectivity index (χ1v) is 7.04. The van der Waals surface area contributed by atoms with Crippen molar-refractivity contribution in [2.45, 2.75) is 25.4 Å². The quantitative estimate of drug-likeness (QED) is 0.701. The van der Waals surface area contributed by atoms with Crippen LogP contribution in [0.5, 0.6) is 0 Å². The zero-order valence-electron chi connectivity index (χ0n) is 9.92. The lowest BCUT2D eigenvalue weighted by Crippen LogP contribution is -2.42. The van der Waals surface area contributed by atoms with Crippen molar-refractivity contribution in [3.8, 4) is 0 Å². The second-order valence-electron chi connectivity index (χ2n) is 4.54. The minimum Gasteiger partial charge on any atom is -0.387 e. The first-order valence-electron chi connectivity index (χ1n) is 5.85. The zero-order chi connectivity index (χ0) is 12.3. The Kier molecular flexibility index (Phi) is 4.38. The largest absolute Gasteiger partial charge is 0.387 e. The molecule has 1 saturated heterocycles. The van der Waals surface area contributed by atoms with Gasteiger partial charge in [0.25, 0.3) is 0 Å². The van der Waals surface area contributed by atoms with Crippen LogP contribution in [0.15, 0.2) is 0 Å². The number of nitrogens with zero attached hydrogens (tertiary/aromatic N) is 1. The summed E-state index contributed by atoms with van der Waals surface area (Å²) < 4.78 is 0.777. The number of β-amino-alcohol motifs (C(OH)–C–C–N with tert-alkyl or cyclic N) is 1. The fourth-order valence-electron chi connectivity index (χ4n) is 1.94. The molecule has 6 heteroatoms. The van der Waals surface area contributed by atoms with Crippen LogP contribution < -0.4 is 10.6 Å². The lowest BCUT2D eigenvalue weighted by atomic mass is 10.0. The van der Waals surface area contributed by atoms with Gasteiger partial charge in [0.2, 0.25) is 0 Å². The van der Waals surface area contributed by atoms with E-state index in [2.05, 4.69) is 15.6 Å². The number of aliphatic hydroxyl groups is 1. The fraction of sp³-hybridized carbons (Fsp3) is 0.727. The minimum absolute atomic E-state index is 0.573. The van der Waals surface area contributed by atoms with Crippen LogP contribution in [0.3, 0.4) is 0 Å². The fourth-order valence-corrected chi connectivity index (χ4v) is 3.03. The predicted molar refractivity (Wildman–Crippen MR) is 70.9 cm³/mol. The van der Waals surface area contributed by atoms with E-state index in [1.165, 1.54) is 11.3 Å². The molecular formula is C11H18ClN3OS. The molecule has 1 atom stereocenters. The van der Waals surface area contributed by atoms with Crippen molar-refractivity contribution >= 4 is 22.9 Å². The maximum absolute atomic E-state index is 10.1.